The van der Waals surface area contributed by atoms with Crippen molar-refractivity contribution in [3.05, 3.63) is 21.9 Å². The molecule has 3 nitrogen and oxygen atoms in total. The zero-order valence-corrected chi connectivity index (χ0v) is 9.13. The van der Waals surface area contributed by atoms with E-state index in [0.29, 0.717) is 5.92 Å². The van der Waals surface area contributed by atoms with Crippen molar-refractivity contribution in [3.63, 3.8) is 0 Å². The molecule has 0 bridgehead atoms. The van der Waals surface area contributed by atoms with E-state index >= 15 is 0 Å². The highest BCUT2D eigenvalue weighted by Gasteiger charge is 2.22. The maximum atomic E-state index is 11.7. The second-order valence-corrected chi connectivity index (χ2v) is 4.67. The van der Waals surface area contributed by atoms with E-state index in [1.807, 2.05) is 4.57 Å². The van der Waals surface area contributed by atoms with Gasteiger partial charge >= 0.3 is 5.69 Å². The minimum absolute atomic E-state index is 0.0686. The number of nitrogens with one attached hydrogen (secondary N) is 1. The van der Waals surface area contributed by atoms with Crippen LogP contribution in [-0.4, -0.2) is 9.55 Å². The molecule has 0 saturated heterocycles. The van der Waals surface area contributed by atoms with E-state index in [1.165, 1.54) is 17.8 Å². The number of H-pyrrole nitrogens is 1. The van der Waals surface area contributed by atoms with Gasteiger partial charge in [-0.3, -0.25) is 4.57 Å². The standard InChI is InChI=1S/C11H18N2O/c1-7(2)13-10-5-4-8(3)6-9(10)12-11(13)14/h7-8H,4-6H2,1-3H3,(H,12,14). The van der Waals surface area contributed by atoms with E-state index in [9.17, 15) is 4.79 Å². The third-order valence-corrected chi connectivity index (χ3v) is 3.06. The molecule has 78 valence electrons. The molecule has 2 rings (SSSR count). The van der Waals surface area contributed by atoms with Crippen molar-refractivity contribution in [1.29, 1.82) is 0 Å². The Morgan fingerprint density at radius 3 is 2.86 bits per heavy atom. The van der Waals surface area contributed by atoms with Crippen LogP contribution in [-0.2, 0) is 12.8 Å². The predicted molar refractivity (Wildman–Crippen MR) is 56.6 cm³/mol. The fourth-order valence-electron chi connectivity index (χ4n) is 2.35. The Balaban J connectivity index is 2.49. The molecule has 1 atom stereocenters. The topological polar surface area (TPSA) is 37.8 Å². The molecule has 1 aliphatic rings. The molecule has 1 unspecified atom stereocenters. The smallest absolute Gasteiger partial charge is 0.310 e. The Bertz CT molecular complexity index is 386. The molecule has 14 heavy (non-hydrogen) atoms. The van der Waals surface area contributed by atoms with Crippen molar-refractivity contribution < 1.29 is 0 Å². The fourth-order valence-corrected chi connectivity index (χ4v) is 2.35. The van der Waals surface area contributed by atoms with Crippen LogP contribution in [0, 0.1) is 5.92 Å². The van der Waals surface area contributed by atoms with Gasteiger partial charge in [-0.25, -0.2) is 4.79 Å². The first kappa shape index (κ1) is 9.56. The summed E-state index contributed by atoms with van der Waals surface area (Å²) in [6, 6.07) is 0.274. The molecular weight excluding hydrogens is 176 g/mol. The molecule has 0 amide bonds. The summed E-state index contributed by atoms with van der Waals surface area (Å²) in [4.78, 5) is 14.6. The van der Waals surface area contributed by atoms with Gasteiger partial charge in [0.15, 0.2) is 0 Å². The molecule has 0 aromatic carbocycles. The first-order valence-electron chi connectivity index (χ1n) is 5.42. The van der Waals surface area contributed by atoms with E-state index in [0.717, 1.165) is 12.8 Å². The maximum Gasteiger partial charge on any atom is 0.326 e. The number of rotatable bonds is 1. The van der Waals surface area contributed by atoms with Gasteiger partial charge in [0.25, 0.3) is 0 Å². The first-order chi connectivity index (χ1) is 6.59. The van der Waals surface area contributed by atoms with Gasteiger partial charge in [0, 0.05) is 17.4 Å². The van der Waals surface area contributed by atoms with Crippen molar-refractivity contribution >= 4 is 0 Å². The lowest BCUT2D eigenvalue weighted by Crippen LogP contribution is -2.21. The summed E-state index contributed by atoms with van der Waals surface area (Å²) >= 11 is 0. The summed E-state index contributed by atoms with van der Waals surface area (Å²) in [6.45, 7) is 6.37. The first-order valence-corrected chi connectivity index (χ1v) is 5.42. The molecule has 1 aromatic heterocycles. The van der Waals surface area contributed by atoms with Gasteiger partial charge in [-0.2, -0.15) is 0 Å². The van der Waals surface area contributed by atoms with Gasteiger partial charge in [-0.05, 0) is 39.0 Å². The number of fused-ring (bicyclic) bond motifs is 1. The summed E-state index contributed by atoms with van der Waals surface area (Å²) in [7, 11) is 0. The minimum atomic E-state index is 0.0686. The van der Waals surface area contributed by atoms with E-state index in [1.54, 1.807) is 0 Å². The number of aromatic amines is 1. The van der Waals surface area contributed by atoms with Gasteiger partial charge in [0.05, 0.1) is 0 Å². The van der Waals surface area contributed by atoms with Crippen molar-refractivity contribution in [1.82, 2.24) is 9.55 Å². The van der Waals surface area contributed by atoms with E-state index in [-0.39, 0.29) is 11.7 Å². The van der Waals surface area contributed by atoms with Crippen LogP contribution in [0.15, 0.2) is 4.79 Å². The van der Waals surface area contributed by atoms with Crippen LogP contribution in [0.2, 0.25) is 0 Å². The Morgan fingerprint density at radius 1 is 1.50 bits per heavy atom. The second-order valence-electron chi connectivity index (χ2n) is 4.67. The molecular formula is C11H18N2O. The van der Waals surface area contributed by atoms with E-state index in [4.69, 9.17) is 0 Å². The molecule has 3 heteroatoms. The summed E-state index contributed by atoms with van der Waals surface area (Å²) < 4.78 is 1.90. The highest BCUT2D eigenvalue weighted by molar-refractivity contribution is 5.17. The lowest BCUT2D eigenvalue weighted by atomic mass is 9.91. The Kier molecular flexibility index (Phi) is 2.25. The predicted octanol–water partition coefficient (Wildman–Crippen LogP) is 1.88. The van der Waals surface area contributed by atoms with Gasteiger partial charge in [-0.1, -0.05) is 6.92 Å². The van der Waals surface area contributed by atoms with Crippen LogP contribution in [0.3, 0.4) is 0 Å². The van der Waals surface area contributed by atoms with Crippen molar-refractivity contribution in [3.8, 4) is 0 Å². The molecule has 0 fully saturated rings. The van der Waals surface area contributed by atoms with Gasteiger partial charge in [0.2, 0.25) is 0 Å². The molecule has 1 N–H and O–H groups in total. The number of hydrogen-bond donors (Lipinski definition) is 1. The van der Waals surface area contributed by atoms with Crippen LogP contribution in [0.4, 0.5) is 0 Å². The summed E-state index contributed by atoms with van der Waals surface area (Å²) in [5.74, 6) is 0.709. The summed E-state index contributed by atoms with van der Waals surface area (Å²) in [5.41, 5.74) is 2.48. The Hall–Kier alpha value is -0.990. The number of imidazole rings is 1. The quantitative estimate of drug-likeness (QED) is 0.728. The normalized spacial score (nSPS) is 21.3. The van der Waals surface area contributed by atoms with Crippen molar-refractivity contribution in [2.75, 3.05) is 0 Å². The highest BCUT2D eigenvalue weighted by atomic mass is 16.1. The average Bonchev–Trinajstić information content (AvgIpc) is 2.39. The Morgan fingerprint density at radius 2 is 2.21 bits per heavy atom. The molecule has 0 radical (unpaired) electrons. The van der Waals surface area contributed by atoms with Gasteiger partial charge in [0.1, 0.15) is 0 Å². The van der Waals surface area contributed by atoms with E-state index < -0.39 is 0 Å². The number of hydrogen-bond acceptors (Lipinski definition) is 1. The molecule has 1 aliphatic carbocycles. The third-order valence-electron chi connectivity index (χ3n) is 3.06. The third kappa shape index (κ3) is 1.41. The maximum absolute atomic E-state index is 11.7. The van der Waals surface area contributed by atoms with Crippen LogP contribution >= 0.6 is 0 Å². The largest absolute Gasteiger partial charge is 0.326 e. The minimum Gasteiger partial charge on any atom is -0.310 e. The highest BCUT2D eigenvalue weighted by Crippen LogP contribution is 2.24. The molecule has 0 saturated carbocycles. The molecule has 1 heterocycles. The van der Waals surface area contributed by atoms with E-state index in [2.05, 4.69) is 25.8 Å². The van der Waals surface area contributed by atoms with Gasteiger partial charge in [-0.15, -0.1) is 0 Å². The Labute approximate surface area is 84.1 Å². The molecule has 1 aromatic rings. The van der Waals surface area contributed by atoms with Crippen LogP contribution < -0.4 is 5.69 Å². The van der Waals surface area contributed by atoms with Gasteiger partial charge < -0.3 is 4.98 Å². The van der Waals surface area contributed by atoms with Crippen molar-refractivity contribution in [2.45, 2.75) is 46.1 Å². The molecule has 0 spiro atoms. The van der Waals surface area contributed by atoms with Crippen LogP contribution in [0.1, 0.15) is 44.6 Å². The summed E-state index contributed by atoms with van der Waals surface area (Å²) in [5, 5.41) is 0. The van der Waals surface area contributed by atoms with Crippen LogP contribution in [0.5, 0.6) is 0 Å². The fraction of sp³-hybridized carbons (Fsp3) is 0.727. The summed E-state index contributed by atoms with van der Waals surface area (Å²) in [6.07, 6.45) is 3.29. The molecule has 0 aliphatic heterocycles. The number of aromatic nitrogens is 2. The average molecular weight is 194 g/mol. The zero-order valence-electron chi connectivity index (χ0n) is 9.13. The van der Waals surface area contributed by atoms with Crippen molar-refractivity contribution in [2.24, 2.45) is 5.92 Å². The second kappa shape index (κ2) is 3.30. The zero-order chi connectivity index (χ0) is 10.3. The van der Waals surface area contributed by atoms with Crippen LogP contribution in [0.25, 0.3) is 0 Å². The SMILES string of the molecule is CC1CCc2c([nH]c(=O)n2C(C)C)C1. The lowest BCUT2D eigenvalue weighted by molar-refractivity contribution is 0.466. The lowest BCUT2D eigenvalue weighted by Gasteiger charge is -2.20. The number of nitrogens with zero attached hydrogens (tertiary/aromatic N) is 1. The monoisotopic (exact) mass is 194 g/mol.